The second kappa shape index (κ2) is 1.22. The number of aromatic nitrogens is 1. The van der Waals surface area contributed by atoms with E-state index in [1.54, 1.807) is 0 Å². The minimum Gasteiger partial charge on any atom is -0.401 e. The number of hydrogen-bond acceptors (Lipinski definition) is 4. The van der Waals surface area contributed by atoms with Crippen LogP contribution in [0.4, 0.5) is 0 Å². The zero-order valence-corrected chi connectivity index (χ0v) is 3.57. The fourth-order valence-corrected chi connectivity index (χ4v) is 0.237. The normalized spacial score (nSPS) is 8.67. The zero-order chi connectivity index (χ0) is 4.41. The number of hydrogen-bond donors (Lipinski definition) is 0. The Hall–Kier alpha value is -0.640. The van der Waals surface area contributed by atoms with Crippen LogP contribution in [0.2, 0.25) is 0 Å². The molecule has 0 amide bonds. The third-order valence-corrected chi connectivity index (χ3v) is 0.490. The van der Waals surface area contributed by atoms with Gasteiger partial charge in [0.25, 0.3) is 0 Å². The van der Waals surface area contributed by atoms with Crippen molar-refractivity contribution in [1.82, 2.24) is 5.16 Å². The molecule has 0 unspecified atom stereocenters. The topological polar surface area (TPSA) is 39.2 Å². The van der Waals surface area contributed by atoms with Crippen LogP contribution in [0.15, 0.2) is 15.3 Å². The maximum absolute atomic E-state index is 4.37. The maximum atomic E-state index is 4.37. The van der Waals surface area contributed by atoms with E-state index >= 15 is 0 Å². The molecule has 0 atom stereocenters. The Balaban J connectivity index is 3.41. The van der Waals surface area contributed by atoms with Crippen molar-refractivity contribution in [3.63, 3.8) is 0 Å². The Morgan fingerprint density at radius 3 is 2.83 bits per heavy atom. The van der Waals surface area contributed by atoms with Crippen molar-refractivity contribution in [2.75, 3.05) is 0 Å². The van der Waals surface area contributed by atoms with Crippen molar-refractivity contribution < 1.29 is 8.94 Å². The second-order valence-corrected chi connectivity index (χ2v) is 1.00. The average Bonchev–Trinajstić information content (AvgIpc) is 1.86. The van der Waals surface area contributed by atoms with Crippen molar-refractivity contribution in [2.45, 2.75) is 0 Å². The summed E-state index contributed by atoms with van der Waals surface area (Å²) in [5, 5.41) is 3.18. The first-order chi connectivity index (χ1) is 2.89. The molecule has 0 N–H and O–H groups in total. The molecule has 4 heteroatoms. The third-order valence-electron chi connectivity index (χ3n) is 0.319. The lowest BCUT2D eigenvalue weighted by Crippen LogP contribution is -1.40. The SMILES string of the molecule is S=c1ocno1. The summed E-state index contributed by atoms with van der Waals surface area (Å²) in [6, 6.07) is 0. The Bertz CT molecular complexity index is 149. The van der Waals surface area contributed by atoms with Crippen LogP contribution in [0.3, 0.4) is 0 Å². The minimum atomic E-state index is 0.0648. The number of rotatable bonds is 0. The van der Waals surface area contributed by atoms with Crippen LogP contribution >= 0.6 is 12.2 Å². The van der Waals surface area contributed by atoms with Gasteiger partial charge in [-0.15, -0.1) is 0 Å². The number of nitrogens with zero attached hydrogens (tertiary/aromatic N) is 1. The maximum Gasteiger partial charge on any atom is 0.386 e. The Labute approximate surface area is 38.6 Å². The third kappa shape index (κ3) is 0.463. The van der Waals surface area contributed by atoms with E-state index in [0.29, 0.717) is 0 Å². The quantitative estimate of drug-likeness (QED) is 0.459. The van der Waals surface area contributed by atoms with E-state index in [1.807, 2.05) is 0 Å². The van der Waals surface area contributed by atoms with E-state index in [2.05, 4.69) is 26.3 Å². The molecule has 3 nitrogen and oxygen atoms in total. The first-order valence-corrected chi connectivity index (χ1v) is 1.70. The monoisotopic (exact) mass is 103 g/mol. The minimum absolute atomic E-state index is 0.0648. The molecule has 0 radical (unpaired) electrons. The van der Waals surface area contributed by atoms with Crippen LogP contribution in [0.5, 0.6) is 0 Å². The largest absolute Gasteiger partial charge is 0.401 e. The van der Waals surface area contributed by atoms with Gasteiger partial charge in [0.1, 0.15) is 0 Å². The summed E-state index contributed by atoms with van der Waals surface area (Å²) in [5.41, 5.74) is 0. The fourth-order valence-electron chi connectivity index (χ4n) is 0.151. The zero-order valence-electron chi connectivity index (χ0n) is 2.75. The van der Waals surface area contributed by atoms with Gasteiger partial charge in [-0.1, -0.05) is 0 Å². The molecular weight excluding hydrogens is 102 g/mol. The predicted octanol–water partition coefficient (Wildman–Crippen LogP) is 0.997. The molecule has 0 aliphatic rings. The van der Waals surface area contributed by atoms with Crippen molar-refractivity contribution in [2.24, 2.45) is 0 Å². The van der Waals surface area contributed by atoms with Gasteiger partial charge in [-0.05, 0) is 5.16 Å². The molecule has 0 spiro atoms. The highest BCUT2D eigenvalue weighted by molar-refractivity contribution is 7.71. The highest BCUT2D eigenvalue weighted by atomic mass is 32.1. The molecule has 0 saturated heterocycles. The summed E-state index contributed by atoms with van der Waals surface area (Å²) in [5.74, 6) is 0. The van der Waals surface area contributed by atoms with Crippen LogP contribution in [0, 0.1) is 4.90 Å². The van der Waals surface area contributed by atoms with Crippen molar-refractivity contribution in [1.29, 1.82) is 0 Å². The molecule has 1 aromatic heterocycles. The summed E-state index contributed by atoms with van der Waals surface area (Å²) in [6.07, 6.45) is 1.14. The molecule has 0 aromatic carbocycles. The first kappa shape index (κ1) is 3.55. The van der Waals surface area contributed by atoms with Crippen molar-refractivity contribution >= 4 is 12.2 Å². The molecule has 0 bridgehead atoms. The first-order valence-electron chi connectivity index (χ1n) is 1.29. The van der Waals surface area contributed by atoms with E-state index in [9.17, 15) is 0 Å². The molecule has 0 saturated carbocycles. The van der Waals surface area contributed by atoms with Crippen LogP contribution in [0.1, 0.15) is 0 Å². The summed E-state index contributed by atoms with van der Waals surface area (Å²) in [4.78, 5) is 0.0648. The van der Waals surface area contributed by atoms with E-state index in [0.717, 1.165) is 6.39 Å². The van der Waals surface area contributed by atoms with E-state index in [4.69, 9.17) is 0 Å². The molecule has 1 rings (SSSR count). The summed E-state index contributed by atoms with van der Waals surface area (Å²) < 4.78 is 8.60. The lowest BCUT2D eigenvalue weighted by molar-refractivity contribution is 0.363. The Morgan fingerprint density at radius 2 is 2.67 bits per heavy atom. The van der Waals surface area contributed by atoms with Gasteiger partial charge in [0.15, 0.2) is 0 Å². The molecule has 0 fully saturated rings. The Morgan fingerprint density at radius 1 is 1.83 bits per heavy atom. The van der Waals surface area contributed by atoms with Gasteiger partial charge in [-0.3, -0.25) is 0 Å². The lowest BCUT2D eigenvalue weighted by atomic mass is 11.5. The van der Waals surface area contributed by atoms with Gasteiger partial charge >= 0.3 is 4.90 Å². The van der Waals surface area contributed by atoms with Gasteiger partial charge in [0.2, 0.25) is 6.39 Å². The second-order valence-electron chi connectivity index (χ2n) is 0.670. The van der Waals surface area contributed by atoms with Crippen molar-refractivity contribution in [3.05, 3.63) is 11.3 Å². The molecular formula is C2HNO2S. The van der Waals surface area contributed by atoms with Crippen molar-refractivity contribution in [3.8, 4) is 0 Å². The summed E-state index contributed by atoms with van der Waals surface area (Å²) >= 11 is 4.35. The summed E-state index contributed by atoms with van der Waals surface area (Å²) in [6.45, 7) is 0. The highest BCUT2D eigenvalue weighted by Gasteiger charge is 1.73. The molecule has 0 aliphatic carbocycles. The molecule has 0 aliphatic heterocycles. The molecule has 6 heavy (non-hydrogen) atoms. The van der Waals surface area contributed by atoms with E-state index < -0.39 is 0 Å². The smallest absolute Gasteiger partial charge is 0.386 e. The van der Waals surface area contributed by atoms with E-state index in [1.165, 1.54) is 0 Å². The standard InChI is InChI=1S/C2HNO2S/c6-2-4-1-3-5-2/h1H. The fraction of sp³-hybridized carbons (Fsp3) is 0. The van der Waals surface area contributed by atoms with Gasteiger partial charge < -0.3 is 8.94 Å². The average molecular weight is 103 g/mol. The van der Waals surface area contributed by atoms with Crippen LogP contribution in [-0.4, -0.2) is 5.16 Å². The van der Waals surface area contributed by atoms with Gasteiger partial charge in [-0.2, -0.15) is 0 Å². The molecule has 32 valence electrons. The van der Waals surface area contributed by atoms with Gasteiger partial charge in [-0.25, -0.2) is 0 Å². The van der Waals surface area contributed by atoms with Gasteiger partial charge in [0, 0.05) is 12.2 Å². The Kier molecular flexibility index (Phi) is 0.719. The highest BCUT2D eigenvalue weighted by Crippen LogP contribution is 1.82. The van der Waals surface area contributed by atoms with E-state index in [-0.39, 0.29) is 4.90 Å². The summed E-state index contributed by atoms with van der Waals surface area (Å²) in [7, 11) is 0. The van der Waals surface area contributed by atoms with Gasteiger partial charge in [0.05, 0.1) is 0 Å². The van der Waals surface area contributed by atoms with Crippen LogP contribution in [0.25, 0.3) is 0 Å². The van der Waals surface area contributed by atoms with Crippen LogP contribution in [-0.2, 0) is 0 Å². The molecule has 1 aromatic rings. The predicted molar refractivity (Wildman–Crippen MR) is 19.6 cm³/mol. The van der Waals surface area contributed by atoms with Crippen LogP contribution < -0.4 is 0 Å². The molecule has 1 heterocycles. The lowest BCUT2D eigenvalue weighted by Gasteiger charge is -1.49.